The summed E-state index contributed by atoms with van der Waals surface area (Å²) >= 11 is 5.92. The minimum Gasteiger partial charge on any atom is -0.497 e. The standard InChI is InChI=1S/C23H23ClN4O2/c1-30-21-9-2-17(3-10-21)23(29)26-19-5-7-20(8-6-19)27-12-14-28(15-13-27)22-11-4-18(24)16-25-22/h2-11,16H,12-15H2,1H3,(H,26,29). The monoisotopic (exact) mass is 422 g/mol. The molecule has 1 aliphatic rings. The zero-order valence-electron chi connectivity index (χ0n) is 16.7. The van der Waals surface area contributed by atoms with Gasteiger partial charge in [0.25, 0.3) is 5.91 Å². The lowest BCUT2D eigenvalue weighted by Crippen LogP contribution is -2.46. The number of anilines is 3. The molecule has 2 heterocycles. The maximum Gasteiger partial charge on any atom is 0.255 e. The highest BCUT2D eigenvalue weighted by Crippen LogP contribution is 2.22. The van der Waals surface area contributed by atoms with E-state index in [1.54, 1.807) is 37.6 Å². The van der Waals surface area contributed by atoms with E-state index in [0.717, 1.165) is 49.1 Å². The quantitative estimate of drug-likeness (QED) is 0.663. The Balaban J connectivity index is 1.33. The van der Waals surface area contributed by atoms with Gasteiger partial charge in [-0.1, -0.05) is 11.6 Å². The molecule has 1 amide bonds. The van der Waals surface area contributed by atoms with Crippen molar-refractivity contribution in [3.63, 3.8) is 0 Å². The lowest BCUT2D eigenvalue weighted by molar-refractivity contribution is 0.102. The number of nitrogens with zero attached hydrogens (tertiary/aromatic N) is 3. The van der Waals surface area contributed by atoms with Gasteiger partial charge in [0.05, 0.1) is 12.1 Å². The van der Waals surface area contributed by atoms with Crippen molar-refractivity contribution in [2.24, 2.45) is 0 Å². The zero-order chi connectivity index (χ0) is 20.9. The number of amides is 1. The highest BCUT2D eigenvalue weighted by Gasteiger charge is 2.18. The van der Waals surface area contributed by atoms with Crippen molar-refractivity contribution in [2.75, 3.05) is 48.4 Å². The summed E-state index contributed by atoms with van der Waals surface area (Å²) in [5.74, 6) is 1.54. The van der Waals surface area contributed by atoms with E-state index in [1.165, 1.54) is 0 Å². The van der Waals surface area contributed by atoms with Crippen LogP contribution in [-0.4, -0.2) is 44.2 Å². The topological polar surface area (TPSA) is 57.7 Å². The number of aromatic nitrogens is 1. The minimum absolute atomic E-state index is 0.144. The van der Waals surface area contributed by atoms with Gasteiger partial charge in [0.15, 0.2) is 0 Å². The van der Waals surface area contributed by atoms with Crippen LogP contribution in [0.3, 0.4) is 0 Å². The Hall–Kier alpha value is -3.25. The Kier molecular flexibility index (Phi) is 6.05. The molecule has 6 nitrogen and oxygen atoms in total. The second kappa shape index (κ2) is 9.05. The summed E-state index contributed by atoms with van der Waals surface area (Å²) in [5, 5.41) is 3.58. The van der Waals surface area contributed by atoms with Gasteiger partial charge in [-0.2, -0.15) is 0 Å². The van der Waals surface area contributed by atoms with Gasteiger partial charge in [-0.05, 0) is 60.7 Å². The average molecular weight is 423 g/mol. The molecular formula is C23H23ClN4O2. The fourth-order valence-electron chi connectivity index (χ4n) is 3.45. The van der Waals surface area contributed by atoms with Crippen LogP contribution in [0.25, 0.3) is 0 Å². The van der Waals surface area contributed by atoms with Crippen LogP contribution in [-0.2, 0) is 0 Å². The van der Waals surface area contributed by atoms with E-state index in [-0.39, 0.29) is 5.91 Å². The van der Waals surface area contributed by atoms with Crippen LogP contribution in [0.4, 0.5) is 17.2 Å². The number of carbonyl (C=O) groups excluding carboxylic acids is 1. The van der Waals surface area contributed by atoms with Crippen LogP contribution >= 0.6 is 11.6 Å². The molecule has 154 valence electrons. The first-order valence-electron chi connectivity index (χ1n) is 9.79. The predicted molar refractivity (Wildman–Crippen MR) is 121 cm³/mol. The highest BCUT2D eigenvalue weighted by molar-refractivity contribution is 6.30. The van der Waals surface area contributed by atoms with Crippen LogP contribution in [0, 0.1) is 0 Å². The normalized spacial score (nSPS) is 13.8. The number of nitrogens with one attached hydrogen (secondary N) is 1. The van der Waals surface area contributed by atoms with E-state index in [1.807, 2.05) is 36.4 Å². The van der Waals surface area contributed by atoms with E-state index in [9.17, 15) is 4.79 Å². The molecule has 0 bridgehead atoms. The molecule has 0 atom stereocenters. The van der Waals surface area contributed by atoms with Crippen molar-refractivity contribution in [1.29, 1.82) is 0 Å². The van der Waals surface area contributed by atoms with Crippen LogP contribution in [0.15, 0.2) is 66.9 Å². The number of methoxy groups -OCH3 is 1. The number of piperazine rings is 1. The van der Waals surface area contributed by atoms with Crippen LogP contribution in [0.1, 0.15) is 10.4 Å². The van der Waals surface area contributed by atoms with Crippen LogP contribution < -0.4 is 19.9 Å². The van der Waals surface area contributed by atoms with Crippen molar-refractivity contribution in [1.82, 2.24) is 4.98 Å². The third kappa shape index (κ3) is 4.66. The van der Waals surface area contributed by atoms with Crippen LogP contribution in [0.2, 0.25) is 5.02 Å². The van der Waals surface area contributed by atoms with E-state index in [0.29, 0.717) is 10.6 Å². The van der Waals surface area contributed by atoms with Gasteiger partial charge in [-0.15, -0.1) is 0 Å². The number of ether oxygens (including phenoxy) is 1. The third-order valence-corrected chi connectivity index (χ3v) is 5.38. The third-order valence-electron chi connectivity index (χ3n) is 5.16. The summed E-state index contributed by atoms with van der Waals surface area (Å²) in [7, 11) is 1.60. The molecule has 0 aliphatic carbocycles. The van der Waals surface area contributed by atoms with Gasteiger partial charge in [-0.25, -0.2) is 4.98 Å². The Morgan fingerprint density at radius 3 is 2.20 bits per heavy atom. The molecular weight excluding hydrogens is 400 g/mol. The summed E-state index contributed by atoms with van der Waals surface area (Å²) < 4.78 is 5.13. The molecule has 1 fully saturated rings. The average Bonchev–Trinajstić information content (AvgIpc) is 2.80. The largest absolute Gasteiger partial charge is 0.497 e. The molecule has 3 aromatic rings. The van der Waals surface area contributed by atoms with Crippen LogP contribution in [0.5, 0.6) is 5.75 Å². The van der Waals surface area contributed by atoms with Gasteiger partial charge in [-0.3, -0.25) is 4.79 Å². The molecule has 4 rings (SSSR count). The fraction of sp³-hybridized carbons (Fsp3) is 0.217. The lowest BCUT2D eigenvalue weighted by Gasteiger charge is -2.36. The van der Waals surface area contributed by atoms with Gasteiger partial charge >= 0.3 is 0 Å². The van der Waals surface area contributed by atoms with Gasteiger partial charge < -0.3 is 19.9 Å². The molecule has 30 heavy (non-hydrogen) atoms. The molecule has 1 saturated heterocycles. The number of halogens is 1. The van der Waals surface area contributed by atoms with Crippen molar-refractivity contribution < 1.29 is 9.53 Å². The summed E-state index contributed by atoms with van der Waals surface area (Å²) in [6, 6.07) is 18.8. The van der Waals surface area contributed by atoms with E-state index < -0.39 is 0 Å². The van der Waals surface area contributed by atoms with Crippen molar-refractivity contribution in [3.05, 3.63) is 77.4 Å². The smallest absolute Gasteiger partial charge is 0.255 e. The predicted octanol–water partition coefficient (Wildman–Crippen LogP) is 4.32. The number of hydrogen-bond donors (Lipinski definition) is 1. The molecule has 0 spiro atoms. The second-order valence-corrected chi connectivity index (χ2v) is 7.47. The van der Waals surface area contributed by atoms with E-state index >= 15 is 0 Å². The first kappa shape index (κ1) is 20.0. The SMILES string of the molecule is COc1ccc(C(=O)Nc2ccc(N3CCN(c4ccc(Cl)cn4)CC3)cc2)cc1. The van der Waals surface area contributed by atoms with Crippen molar-refractivity contribution >= 4 is 34.7 Å². The first-order chi connectivity index (χ1) is 14.6. The zero-order valence-corrected chi connectivity index (χ0v) is 17.5. The number of benzene rings is 2. The summed E-state index contributed by atoms with van der Waals surface area (Å²) in [4.78, 5) is 21.4. The van der Waals surface area contributed by atoms with Gasteiger partial charge in [0.2, 0.25) is 0 Å². The van der Waals surface area contributed by atoms with Gasteiger partial charge in [0.1, 0.15) is 11.6 Å². The summed E-state index contributed by atoms with van der Waals surface area (Å²) in [5.41, 5.74) is 2.50. The molecule has 2 aromatic carbocycles. The number of carbonyl (C=O) groups is 1. The maximum absolute atomic E-state index is 12.4. The van der Waals surface area contributed by atoms with Crippen molar-refractivity contribution in [3.8, 4) is 5.75 Å². The Labute approximate surface area is 181 Å². The fourth-order valence-corrected chi connectivity index (χ4v) is 3.56. The van der Waals surface area contributed by atoms with Crippen molar-refractivity contribution in [2.45, 2.75) is 0 Å². The molecule has 7 heteroatoms. The minimum atomic E-state index is -0.144. The molecule has 1 aliphatic heterocycles. The molecule has 0 unspecified atom stereocenters. The summed E-state index contributed by atoms with van der Waals surface area (Å²) in [6.45, 7) is 3.60. The Morgan fingerprint density at radius 1 is 0.933 bits per heavy atom. The molecule has 0 saturated carbocycles. The first-order valence-corrected chi connectivity index (χ1v) is 10.2. The Bertz CT molecular complexity index is 983. The molecule has 1 N–H and O–H groups in total. The van der Waals surface area contributed by atoms with Gasteiger partial charge in [0, 0.05) is 49.3 Å². The number of pyridine rings is 1. The van der Waals surface area contributed by atoms with E-state index in [2.05, 4.69) is 20.1 Å². The summed E-state index contributed by atoms with van der Waals surface area (Å²) in [6.07, 6.45) is 1.68. The number of hydrogen-bond acceptors (Lipinski definition) is 5. The molecule has 0 radical (unpaired) electrons. The number of rotatable bonds is 5. The second-order valence-electron chi connectivity index (χ2n) is 7.04. The molecule has 1 aromatic heterocycles. The van der Waals surface area contributed by atoms with E-state index in [4.69, 9.17) is 16.3 Å². The lowest BCUT2D eigenvalue weighted by atomic mass is 10.2. The highest BCUT2D eigenvalue weighted by atomic mass is 35.5. The Morgan fingerprint density at radius 2 is 1.60 bits per heavy atom. The maximum atomic E-state index is 12.4.